The van der Waals surface area contributed by atoms with Gasteiger partial charge in [-0.2, -0.15) is 0 Å². The molecule has 0 aliphatic rings. The van der Waals surface area contributed by atoms with Crippen LogP contribution in [0.25, 0.3) is 16.5 Å². The van der Waals surface area contributed by atoms with Crippen LogP contribution in [0, 0.1) is 19.3 Å². The van der Waals surface area contributed by atoms with Crippen LogP contribution in [0.4, 0.5) is 11.6 Å². The van der Waals surface area contributed by atoms with Crippen LogP contribution in [-0.4, -0.2) is 20.2 Å². The molecular formula is C26H30N6O. The van der Waals surface area contributed by atoms with Gasteiger partial charge in [-0.1, -0.05) is 50.2 Å². The second-order valence-corrected chi connectivity index (χ2v) is 7.56. The van der Waals surface area contributed by atoms with E-state index in [-0.39, 0.29) is 17.1 Å². The largest absolute Gasteiger partial charge is 0.383 e. The van der Waals surface area contributed by atoms with Crippen molar-refractivity contribution >= 4 is 28.1 Å². The number of aryl methyl sites for hydroxylation is 2. The Labute approximate surface area is 193 Å². The van der Waals surface area contributed by atoms with E-state index in [1.165, 1.54) is 6.33 Å². The van der Waals surface area contributed by atoms with Crippen molar-refractivity contribution in [1.82, 2.24) is 14.5 Å². The average molecular weight is 443 g/mol. The lowest BCUT2D eigenvalue weighted by Crippen LogP contribution is -2.25. The summed E-state index contributed by atoms with van der Waals surface area (Å²) in [6, 6.07) is 15.7. The van der Waals surface area contributed by atoms with E-state index in [2.05, 4.69) is 15.3 Å². The third-order valence-corrected chi connectivity index (χ3v) is 5.38. The molecule has 33 heavy (non-hydrogen) atoms. The van der Waals surface area contributed by atoms with Gasteiger partial charge < -0.3 is 16.5 Å². The lowest BCUT2D eigenvalue weighted by Gasteiger charge is -2.18. The number of fused-ring (bicyclic) bond motifs is 1. The Hall–Kier alpha value is -4.00. The van der Waals surface area contributed by atoms with Gasteiger partial charge in [0.05, 0.1) is 23.2 Å². The van der Waals surface area contributed by atoms with Gasteiger partial charge >= 0.3 is 0 Å². The monoisotopic (exact) mass is 442 g/mol. The van der Waals surface area contributed by atoms with Gasteiger partial charge in [-0.3, -0.25) is 9.36 Å². The first-order valence-electron chi connectivity index (χ1n) is 11.0. The Morgan fingerprint density at radius 1 is 1.06 bits per heavy atom. The quantitative estimate of drug-likeness (QED) is 0.377. The van der Waals surface area contributed by atoms with Crippen LogP contribution in [0.2, 0.25) is 0 Å². The zero-order chi connectivity index (χ0) is 24.1. The fraction of sp³-hybridized carbons (Fsp3) is 0.231. The summed E-state index contributed by atoms with van der Waals surface area (Å²) in [6.07, 6.45) is 1.36. The summed E-state index contributed by atoms with van der Waals surface area (Å²) < 4.78 is 1.75. The Morgan fingerprint density at radius 3 is 2.45 bits per heavy atom. The molecule has 7 heteroatoms. The third kappa shape index (κ3) is 4.62. The zero-order valence-corrected chi connectivity index (χ0v) is 19.7. The fourth-order valence-corrected chi connectivity index (χ4v) is 3.87. The summed E-state index contributed by atoms with van der Waals surface area (Å²) in [5.74, 6) is 0.712. The Bertz CT molecular complexity index is 1370. The molecule has 2 aromatic heterocycles. The molecule has 0 saturated carbocycles. The maximum absolute atomic E-state index is 13.6. The molecule has 0 aliphatic carbocycles. The van der Waals surface area contributed by atoms with Gasteiger partial charge in [0.25, 0.3) is 5.56 Å². The number of pyridine rings is 1. The first kappa shape index (κ1) is 23.7. The number of hydrogen-bond acceptors (Lipinski definition) is 6. The molecule has 0 radical (unpaired) electrons. The summed E-state index contributed by atoms with van der Waals surface area (Å²) in [5.41, 5.74) is 10.2. The van der Waals surface area contributed by atoms with E-state index in [4.69, 9.17) is 11.1 Å². The third-order valence-electron chi connectivity index (χ3n) is 5.38. The number of anilines is 2. The first-order valence-corrected chi connectivity index (χ1v) is 11.0. The minimum atomic E-state index is -0.0626. The van der Waals surface area contributed by atoms with E-state index in [9.17, 15) is 4.79 Å². The number of benzene rings is 2. The first-order chi connectivity index (χ1) is 15.9. The standard InChI is InChI=1S/C24H24N6O.C2H6/c1-14-7-4-5-10-19(14)30-18(11-17-9-6-8-15(2)20(17)24(30)31)12-27-23-21(16(3)25)22(26)28-13-29-23;1-2/h4-11,13,25H,12H2,1-3H3,(H3,26,27,28,29);1-2H3. The van der Waals surface area contributed by atoms with Crippen LogP contribution in [0.3, 0.4) is 0 Å². The zero-order valence-electron chi connectivity index (χ0n) is 19.7. The van der Waals surface area contributed by atoms with Gasteiger partial charge in [0.1, 0.15) is 18.0 Å². The molecule has 0 bridgehead atoms. The van der Waals surface area contributed by atoms with Gasteiger partial charge in [-0.05, 0) is 49.4 Å². The highest BCUT2D eigenvalue weighted by atomic mass is 16.1. The second-order valence-electron chi connectivity index (χ2n) is 7.56. The average Bonchev–Trinajstić information content (AvgIpc) is 2.79. The van der Waals surface area contributed by atoms with Crippen LogP contribution >= 0.6 is 0 Å². The number of nitrogen functional groups attached to an aromatic ring is 1. The van der Waals surface area contributed by atoms with Crippen LogP contribution < -0.4 is 16.6 Å². The smallest absolute Gasteiger partial charge is 0.263 e. The molecule has 2 heterocycles. The van der Waals surface area contributed by atoms with E-state index in [0.29, 0.717) is 23.3 Å². The summed E-state index contributed by atoms with van der Waals surface area (Å²) in [6.45, 7) is 9.90. The van der Waals surface area contributed by atoms with Crippen molar-refractivity contribution in [2.24, 2.45) is 0 Å². The molecule has 0 amide bonds. The molecule has 0 saturated heterocycles. The molecule has 4 N–H and O–H groups in total. The minimum absolute atomic E-state index is 0.0626. The number of nitrogens with one attached hydrogen (secondary N) is 2. The topological polar surface area (TPSA) is 110 Å². The summed E-state index contributed by atoms with van der Waals surface area (Å²) in [4.78, 5) is 21.9. The van der Waals surface area contributed by atoms with Gasteiger partial charge in [0, 0.05) is 11.4 Å². The molecular weight excluding hydrogens is 412 g/mol. The highest BCUT2D eigenvalue weighted by Gasteiger charge is 2.16. The second kappa shape index (κ2) is 10.1. The Kier molecular flexibility index (Phi) is 7.23. The van der Waals surface area contributed by atoms with Crippen LogP contribution in [-0.2, 0) is 6.54 Å². The molecule has 2 aromatic carbocycles. The van der Waals surface area contributed by atoms with Crippen molar-refractivity contribution in [3.05, 3.63) is 87.6 Å². The molecule has 0 spiro atoms. The molecule has 0 unspecified atom stereocenters. The summed E-state index contributed by atoms with van der Waals surface area (Å²) in [7, 11) is 0. The predicted molar refractivity (Wildman–Crippen MR) is 137 cm³/mol. The maximum Gasteiger partial charge on any atom is 0.263 e. The van der Waals surface area contributed by atoms with Gasteiger partial charge in [0.2, 0.25) is 0 Å². The van der Waals surface area contributed by atoms with E-state index >= 15 is 0 Å². The number of para-hydroxylation sites is 1. The number of hydrogen-bond donors (Lipinski definition) is 3. The molecule has 0 atom stereocenters. The van der Waals surface area contributed by atoms with E-state index < -0.39 is 0 Å². The van der Waals surface area contributed by atoms with Gasteiger partial charge in [-0.25, -0.2) is 9.97 Å². The molecule has 7 nitrogen and oxygen atoms in total. The molecule has 4 aromatic rings. The van der Waals surface area contributed by atoms with E-state index in [0.717, 1.165) is 27.9 Å². The molecule has 4 rings (SSSR count). The highest BCUT2D eigenvalue weighted by Crippen LogP contribution is 2.23. The molecule has 0 fully saturated rings. The van der Waals surface area contributed by atoms with Crippen molar-refractivity contribution in [2.45, 2.75) is 41.2 Å². The van der Waals surface area contributed by atoms with Gasteiger partial charge in [-0.15, -0.1) is 0 Å². The summed E-state index contributed by atoms with van der Waals surface area (Å²) in [5, 5.41) is 12.9. The fourth-order valence-electron chi connectivity index (χ4n) is 3.87. The van der Waals surface area contributed by atoms with Crippen molar-refractivity contribution in [1.29, 1.82) is 5.41 Å². The van der Waals surface area contributed by atoms with Gasteiger partial charge in [0.15, 0.2) is 0 Å². The van der Waals surface area contributed by atoms with Crippen molar-refractivity contribution < 1.29 is 0 Å². The van der Waals surface area contributed by atoms with Crippen LogP contribution in [0.1, 0.15) is 43.2 Å². The lowest BCUT2D eigenvalue weighted by atomic mass is 10.1. The predicted octanol–water partition coefficient (Wildman–Crippen LogP) is 5.01. The lowest BCUT2D eigenvalue weighted by molar-refractivity contribution is 0.883. The van der Waals surface area contributed by atoms with Crippen molar-refractivity contribution in [2.75, 3.05) is 11.1 Å². The summed E-state index contributed by atoms with van der Waals surface area (Å²) >= 11 is 0. The Balaban J connectivity index is 0.00000149. The normalized spacial score (nSPS) is 10.5. The molecule has 0 aliphatic heterocycles. The number of nitrogens with two attached hydrogens (primary N) is 1. The van der Waals surface area contributed by atoms with Crippen molar-refractivity contribution in [3.8, 4) is 5.69 Å². The van der Waals surface area contributed by atoms with E-state index in [1.54, 1.807) is 11.5 Å². The Morgan fingerprint density at radius 2 is 1.76 bits per heavy atom. The number of rotatable bonds is 5. The minimum Gasteiger partial charge on any atom is -0.383 e. The van der Waals surface area contributed by atoms with E-state index in [1.807, 2.05) is 76.2 Å². The van der Waals surface area contributed by atoms with Crippen LogP contribution in [0.15, 0.2) is 59.7 Å². The van der Waals surface area contributed by atoms with Crippen LogP contribution in [0.5, 0.6) is 0 Å². The number of nitrogens with zero attached hydrogens (tertiary/aromatic N) is 3. The highest BCUT2D eigenvalue weighted by molar-refractivity contribution is 6.04. The maximum atomic E-state index is 13.6. The molecule has 170 valence electrons. The van der Waals surface area contributed by atoms with Crippen molar-refractivity contribution in [3.63, 3.8) is 0 Å². The number of aromatic nitrogens is 3. The SMILES string of the molecule is CC.CC(=N)c1c(N)ncnc1NCc1cc2cccc(C)c2c(=O)n1-c1ccccc1C.